The molecule has 0 amide bonds. The molecule has 2 rings (SSSR count). The number of aromatic amines is 1. The fraction of sp³-hybridized carbons (Fsp3) is 0.846. The number of H-pyrrole nitrogens is 1. The van der Waals surface area contributed by atoms with Gasteiger partial charge in [0.2, 0.25) is 0 Å². The Morgan fingerprint density at radius 3 is 2.63 bits per heavy atom. The molecule has 0 unspecified atom stereocenters. The van der Waals surface area contributed by atoms with Crippen LogP contribution in [0.3, 0.4) is 0 Å². The van der Waals surface area contributed by atoms with E-state index in [0.29, 0.717) is 12.0 Å². The topological polar surface area (TPSA) is 50.7 Å². The van der Waals surface area contributed by atoms with E-state index in [9.17, 15) is 4.79 Å². The number of thioether (sulfide) groups is 1. The van der Waals surface area contributed by atoms with E-state index in [1.165, 1.54) is 38.5 Å². The van der Waals surface area contributed by atoms with Gasteiger partial charge in [-0.25, -0.2) is 9.89 Å². The molecule has 0 saturated heterocycles. The van der Waals surface area contributed by atoms with Crippen LogP contribution in [0.25, 0.3) is 0 Å². The summed E-state index contributed by atoms with van der Waals surface area (Å²) in [7, 11) is 0. The molecule has 0 spiro atoms. The first-order valence-corrected chi connectivity index (χ1v) is 9.15. The second-order valence-electron chi connectivity index (χ2n) is 5.39. The van der Waals surface area contributed by atoms with Crippen molar-refractivity contribution < 1.29 is 0 Å². The minimum atomic E-state index is -0.0984. The molecule has 1 aliphatic rings. The molecule has 1 N–H and O–H groups in total. The summed E-state index contributed by atoms with van der Waals surface area (Å²) >= 11 is 5.43. The van der Waals surface area contributed by atoms with Crippen molar-refractivity contribution in [2.24, 2.45) is 5.41 Å². The summed E-state index contributed by atoms with van der Waals surface area (Å²) in [4.78, 5) is 11.5. The maximum atomic E-state index is 11.5. The molecule has 1 aliphatic carbocycles. The van der Waals surface area contributed by atoms with Crippen LogP contribution in [0, 0.1) is 5.41 Å². The molecule has 1 heterocycles. The zero-order valence-electron chi connectivity index (χ0n) is 11.5. The molecular weight excluding hydrogens is 326 g/mol. The maximum Gasteiger partial charge on any atom is 0.343 e. The minimum Gasteiger partial charge on any atom is -0.270 e. The van der Waals surface area contributed by atoms with Gasteiger partial charge in [0.15, 0.2) is 5.16 Å². The number of rotatable bonds is 5. The third-order valence-electron chi connectivity index (χ3n) is 3.99. The summed E-state index contributed by atoms with van der Waals surface area (Å²) in [6, 6.07) is 0. The van der Waals surface area contributed by atoms with Gasteiger partial charge in [-0.1, -0.05) is 53.4 Å². The molecule has 0 radical (unpaired) electrons. The predicted molar refractivity (Wildman–Crippen MR) is 83.2 cm³/mol. The highest BCUT2D eigenvalue weighted by molar-refractivity contribution is 9.09. The van der Waals surface area contributed by atoms with Crippen LogP contribution in [0.5, 0.6) is 0 Å². The monoisotopic (exact) mass is 347 g/mol. The summed E-state index contributed by atoms with van der Waals surface area (Å²) in [6.45, 7) is 2.66. The van der Waals surface area contributed by atoms with Crippen LogP contribution in [-0.2, 0) is 6.54 Å². The molecule has 108 valence electrons. The van der Waals surface area contributed by atoms with Crippen molar-refractivity contribution in [3.05, 3.63) is 10.5 Å². The van der Waals surface area contributed by atoms with Gasteiger partial charge in [-0.3, -0.25) is 4.57 Å². The highest BCUT2D eigenvalue weighted by atomic mass is 79.9. The van der Waals surface area contributed by atoms with Gasteiger partial charge in [0.05, 0.1) is 0 Å². The summed E-state index contributed by atoms with van der Waals surface area (Å²) in [5, 5.41) is 8.56. The third kappa shape index (κ3) is 3.66. The summed E-state index contributed by atoms with van der Waals surface area (Å²) < 4.78 is 1.71. The van der Waals surface area contributed by atoms with E-state index in [0.717, 1.165) is 16.2 Å². The molecule has 1 saturated carbocycles. The first-order chi connectivity index (χ1) is 9.21. The lowest BCUT2D eigenvalue weighted by molar-refractivity contribution is 0.334. The van der Waals surface area contributed by atoms with Gasteiger partial charge in [0, 0.05) is 17.6 Å². The summed E-state index contributed by atoms with van der Waals surface area (Å²) in [5.41, 5.74) is 0.271. The van der Waals surface area contributed by atoms with Crippen LogP contribution in [0.2, 0.25) is 0 Å². The number of halogens is 1. The Bertz CT molecular complexity index is 449. The molecule has 19 heavy (non-hydrogen) atoms. The van der Waals surface area contributed by atoms with Gasteiger partial charge in [-0.15, -0.1) is 5.10 Å². The molecular formula is C13H22BrN3OS. The van der Waals surface area contributed by atoms with Gasteiger partial charge in [-0.2, -0.15) is 0 Å². The molecule has 1 aromatic rings. The van der Waals surface area contributed by atoms with E-state index in [4.69, 9.17) is 0 Å². The van der Waals surface area contributed by atoms with Gasteiger partial charge < -0.3 is 0 Å². The number of nitrogens with one attached hydrogen (secondary N) is 1. The fourth-order valence-electron chi connectivity index (χ4n) is 2.71. The Labute approximate surface area is 126 Å². The highest BCUT2D eigenvalue weighted by Crippen LogP contribution is 2.40. The Morgan fingerprint density at radius 2 is 2.05 bits per heavy atom. The lowest BCUT2D eigenvalue weighted by atomic mass is 9.85. The van der Waals surface area contributed by atoms with E-state index in [1.54, 1.807) is 16.3 Å². The number of nitrogens with zero attached hydrogens (tertiary/aromatic N) is 2. The van der Waals surface area contributed by atoms with Crippen molar-refractivity contribution in [1.29, 1.82) is 0 Å². The fourth-order valence-corrected chi connectivity index (χ4v) is 5.03. The minimum absolute atomic E-state index is 0.0984. The zero-order chi connectivity index (χ0) is 13.7. The molecule has 4 nitrogen and oxygen atoms in total. The first-order valence-electron chi connectivity index (χ1n) is 7.05. The molecule has 0 atom stereocenters. The number of aromatic nitrogens is 3. The summed E-state index contributed by atoms with van der Waals surface area (Å²) in [6.07, 6.45) is 7.95. The smallest absolute Gasteiger partial charge is 0.270 e. The van der Waals surface area contributed by atoms with E-state index >= 15 is 0 Å². The lowest BCUT2D eigenvalue weighted by Gasteiger charge is -2.30. The molecule has 6 heteroatoms. The third-order valence-corrected chi connectivity index (χ3v) is 6.51. The number of alkyl halides is 1. The van der Waals surface area contributed by atoms with Crippen LogP contribution in [0.1, 0.15) is 45.4 Å². The molecule has 1 aromatic heterocycles. The highest BCUT2D eigenvalue weighted by Gasteiger charge is 2.30. The quantitative estimate of drug-likeness (QED) is 0.504. The molecule has 0 bridgehead atoms. The van der Waals surface area contributed by atoms with Gasteiger partial charge in [-0.05, 0) is 25.2 Å². The normalized spacial score (nSPS) is 19.3. The van der Waals surface area contributed by atoms with Crippen molar-refractivity contribution in [3.63, 3.8) is 0 Å². The maximum absolute atomic E-state index is 11.5. The first kappa shape index (κ1) is 15.2. The Balaban J connectivity index is 2.04. The van der Waals surface area contributed by atoms with Crippen molar-refractivity contribution in [3.8, 4) is 0 Å². The van der Waals surface area contributed by atoms with E-state index in [2.05, 4.69) is 26.1 Å². The van der Waals surface area contributed by atoms with Crippen LogP contribution >= 0.6 is 27.7 Å². The molecule has 0 aromatic carbocycles. The van der Waals surface area contributed by atoms with Crippen molar-refractivity contribution in [2.45, 2.75) is 57.1 Å². The average Bonchev–Trinajstić information content (AvgIpc) is 2.64. The average molecular weight is 348 g/mol. The van der Waals surface area contributed by atoms with Crippen LogP contribution in [0.4, 0.5) is 0 Å². The second kappa shape index (κ2) is 6.97. The summed E-state index contributed by atoms with van der Waals surface area (Å²) in [5.74, 6) is 1.04. The zero-order valence-corrected chi connectivity index (χ0v) is 13.9. The SMILES string of the molecule is CCn1c(SCC2(CBr)CCCCCC2)n[nH]c1=O. The lowest BCUT2D eigenvalue weighted by Crippen LogP contribution is -2.25. The largest absolute Gasteiger partial charge is 0.343 e. The Kier molecular flexibility index (Phi) is 5.57. The van der Waals surface area contributed by atoms with Crippen molar-refractivity contribution in [2.75, 3.05) is 11.1 Å². The van der Waals surface area contributed by atoms with Gasteiger partial charge in [0.1, 0.15) is 0 Å². The second-order valence-corrected chi connectivity index (χ2v) is 6.90. The molecule has 1 fully saturated rings. The molecule has 0 aliphatic heterocycles. The van der Waals surface area contributed by atoms with E-state index < -0.39 is 0 Å². The van der Waals surface area contributed by atoms with Gasteiger partial charge >= 0.3 is 5.69 Å². The van der Waals surface area contributed by atoms with Crippen LogP contribution < -0.4 is 5.69 Å². The van der Waals surface area contributed by atoms with Crippen molar-refractivity contribution in [1.82, 2.24) is 14.8 Å². The Hall–Kier alpha value is -0.230. The van der Waals surface area contributed by atoms with Crippen molar-refractivity contribution >= 4 is 27.7 Å². The Morgan fingerprint density at radius 1 is 1.37 bits per heavy atom. The van der Waals surface area contributed by atoms with Crippen LogP contribution in [-0.4, -0.2) is 25.8 Å². The standard InChI is InChI=1S/C13H22BrN3OS/c1-2-17-11(18)15-16-12(17)19-10-13(9-14)7-5-3-4-6-8-13/h2-10H2,1H3,(H,15,18). The van der Waals surface area contributed by atoms with Gasteiger partial charge in [0.25, 0.3) is 0 Å². The van der Waals surface area contributed by atoms with E-state index in [-0.39, 0.29) is 5.69 Å². The van der Waals surface area contributed by atoms with E-state index in [1.807, 2.05) is 6.92 Å². The number of hydrogen-bond acceptors (Lipinski definition) is 3. The number of hydrogen-bond donors (Lipinski definition) is 1. The van der Waals surface area contributed by atoms with Crippen LogP contribution in [0.15, 0.2) is 9.95 Å². The predicted octanol–water partition coefficient (Wildman–Crippen LogP) is 3.42.